The van der Waals surface area contributed by atoms with Gasteiger partial charge in [0.1, 0.15) is 5.38 Å². The van der Waals surface area contributed by atoms with Crippen molar-refractivity contribution in [3.8, 4) is 0 Å². The number of carbonyl (C=O) groups is 1. The smallest absolute Gasteiger partial charge is 0.238 e. The number of pyridine rings is 1. The van der Waals surface area contributed by atoms with Crippen LogP contribution in [0, 0.1) is 0 Å². The lowest BCUT2D eigenvalue weighted by molar-refractivity contribution is -0.120. The number of hydrogen-bond donors (Lipinski definition) is 2. The van der Waals surface area contributed by atoms with Gasteiger partial charge in [-0.1, -0.05) is 0 Å². The van der Waals surface area contributed by atoms with Crippen LogP contribution in [-0.2, 0) is 11.3 Å². The van der Waals surface area contributed by atoms with Gasteiger partial charge in [-0.3, -0.25) is 9.78 Å². The molecule has 0 aliphatic heterocycles. The Morgan fingerprint density at radius 3 is 3.07 bits per heavy atom. The van der Waals surface area contributed by atoms with Gasteiger partial charge < -0.3 is 11.1 Å². The first-order valence-electron chi connectivity index (χ1n) is 4.22. The molecule has 1 atom stereocenters. The Morgan fingerprint density at radius 1 is 1.79 bits per heavy atom. The van der Waals surface area contributed by atoms with E-state index in [-0.39, 0.29) is 5.91 Å². The van der Waals surface area contributed by atoms with Gasteiger partial charge in [-0.15, -0.1) is 11.6 Å². The molecule has 5 heteroatoms. The van der Waals surface area contributed by atoms with Crippen LogP contribution < -0.4 is 11.1 Å². The second-order valence-corrected chi connectivity index (χ2v) is 3.53. The van der Waals surface area contributed by atoms with Crippen LogP contribution in [0.2, 0.25) is 0 Å². The molecule has 0 spiro atoms. The van der Waals surface area contributed by atoms with Crippen LogP contribution >= 0.6 is 11.6 Å². The summed E-state index contributed by atoms with van der Waals surface area (Å²) in [7, 11) is 0. The monoisotopic (exact) mass is 213 g/mol. The first-order valence-corrected chi connectivity index (χ1v) is 4.66. The molecule has 0 radical (unpaired) electrons. The zero-order chi connectivity index (χ0) is 10.6. The van der Waals surface area contributed by atoms with Gasteiger partial charge in [-0.05, 0) is 19.1 Å². The number of rotatable bonds is 3. The molecule has 1 aromatic heterocycles. The van der Waals surface area contributed by atoms with E-state index in [4.69, 9.17) is 17.3 Å². The number of alkyl halides is 1. The molecule has 3 N–H and O–H groups in total. The lowest BCUT2D eigenvalue weighted by Gasteiger charge is -2.07. The number of nitrogens with two attached hydrogens (primary N) is 1. The fourth-order valence-corrected chi connectivity index (χ4v) is 0.987. The number of nitrogens with one attached hydrogen (secondary N) is 1. The zero-order valence-electron chi connectivity index (χ0n) is 7.83. The number of hydrogen-bond acceptors (Lipinski definition) is 3. The molecule has 1 unspecified atom stereocenters. The third-order valence-electron chi connectivity index (χ3n) is 1.72. The third kappa shape index (κ3) is 2.88. The van der Waals surface area contributed by atoms with E-state index in [1.807, 2.05) is 0 Å². The third-order valence-corrected chi connectivity index (χ3v) is 1.91. The van der Waals surface area contributed by atoms with E-state index < -0.39 is 5.38 Å². The molecule has 1 aromatic rings. The minimum Gasteiger partial charge on any atom is -0.397 e. The maximum atomic E-state index is 11.1. The van der Waals surface area contributed by atoms with Crippen molar-refractivity contribution in [2.75, 3.05) is 5.73 Å². The highest BCUT2D eigenvalue weighted by Gasteiger charge is 2.08. The van der Waals surface area contributed by atoms with Crippen LogP contribution in [0.5, 0.6) is 0 Å². The van der Waals surface area contributed by atoms with Crippen LogP contribution in [-0.4, -0.2) is 16.3 Å². The maximum absolute atomic E-state index is 11.1. The second kappa shape index (κ2) is 4.81. The minimum atomic E-state index is -0.542. The molecule has 0 fully saturated rings. The van der Waals surface area contributed by atoms with E-state index in [1.54, 1.807) is 25.3 Å². The highest BCUT2D eigenvalue weighted by molar-refractivity contribution is 6.30. The van der Waals surface area contributed by atoms with E-state index in [2.05, 4.69) is 10.3 Å². The van der Waals surface area contributed by atoms with Gasteiger partial charge in [0.2, 0.25) is 5.91 Å². The quantitative estimate of drug-likeness (QED) is 0.734. The van der Waals surface area contributed by atoms with Crippen molar-refractivity contribution in [2.45, 2.75) is 18.8 Å². The number of nitrogen functional groups attached to an aromatic ring is 1. The van der Waals surface area contributed by atoms with Gasteiger partial charge in [-0.25, -0.2) is 0 Å². The number of aromatic nitrogens is 1. The number of amides is 1. The van der Waals surface area contributed by atoms with E-state index in [1.165, 1.54) is 0 Å². The van der Waals surface area contributed by atoms with Crippen molar-refractivity contribution in [1.29, 1.82) is 0 Å². The Hall–Kier alpha value is -1.29. The predicted octanol–water partition coefficient (Wildman–Crippen LogP) is 0.907. The van der Waals surface area contributed by atoms with Gasteiger partial charge in [-0.2, -0.15) is 0 Å². The van der Waals surface area contributed by atoms with Crippen molar-refractivity contribution in [3.63, 3.8) is 0 Å². The summed E-state index contributed by atoms with van der Waals surface area (Å²) in [5, 5.41) is 2.08. The predicted molar refractivity (Wildman–Crippen MR) is 55.8 cm³/mol. The molecule has 76 valence electrons. The summed E-state index contributed by atoms with van der Waals surface area (Å²) in [5.74, 6) is -0.225. The Kier molecular flexibility index (Phi) is 3.71. The normalized spacial score (nSPS) is 12.1. The molecule has 1 heterocycles. The SMILES string of the molecule is CC(Cl)C(=O)NCc1ncccc1N. The van der Waals surface area contributed by atoms with Crippen LogP contribution in [0.25, 0.3) is 0 Å². The lowest BCUT2D eigenvalue weighted by atomic mass is 10.3. The molecule has 0 aliphatic carbocycles. The molecular weight excluding hydrogens is 202 g/mol. The van der Waals surface area contributed by atoms with Gasteiger partial charge in [0, 0.05) is 6.20 Å². The number of carbonyl (C=O) groups excluding carboxylic acids is 1. The largest absolute Gasteiger partial charge is 0.397 e. The minimum absolute atomic E-state index is 0.225. The molecule has 0 aliphatic rings. The summed E-state index contributed by atoms with van der Waals surface area (Å²) in [5.41, 5.74) is 6.85. The Labute approximate surface area is 87.5 Å². The van der Waals surface area contributed by atoms with E-state index >= 15 is 0 Å². The Bertz CT molecular complexity index is 328. The molecule has 1 amide bonds. The van der Waals surface area contributed by atoms with Crippen molar-refractivity contribution in [1.82, 2.24) is 10.3 Å². The van der Waals surface area contributed by atoms with E-state index in [0.29, 0.717) is 17.9 Å². The standard InChI is InChI=1S/C9H12ClN3O/c1-6(10)9(14)13-5-8-7(11)3-2-4-12-8/h2-4,6H,5,11H2,1H3,(H,13,14). The Morgan fingerprint density at radius 2 is 2.50 bits per heavy atom. The molecule has 14 heavy (non-hydrogen) atoms. The van der Waals surface area contributed by atoms with Crippen LogP contribution in [0.4, 0.5) is 5.69 Å². The van der Waals surface area contributed by atoms with Crippen molar-refractivity contribution in [3.05, 3.63) is 24.0 Å². The van der Waals surface area contributed by atoms with Gasteiger partial charge in [0.25, 0.3) is 0 Å². The van der Waals surface area contributed by atoms with Crippen molar-refractivity contribution >= 4 is 23.2 Å². The summed E-state index contributed by atoms with van der Waals surface area (Å²) in [6, 6.07) is 3.48. The van der Waals surface area contributed by atoms with Gasteiger partial charge >= 0.3 is 0 Å². The topological polar surface area (TPSA) is 68.0 Å². The summed E-state index contributed by atoms with van der Waals surface area (Å²) in [4.78, 5) is 15.1. The van der Waals surface area contributed by atoms with Crippen LogP contribution in [0.15, 0.2) is 18.3 Å². The summed E-state index contributed by atoms with van der Waals surface area (Å²) in [6.45, 7) is 1.92. The highest BCUT2D eigenvalue weighted by Crippen LogP contribution is 2.06. The molecule has 0 bridgehead atoms. The Balaban J connectivity index is 2.54. The highest BCUT2D eigenvalue weighted by atomic mass is 35.5. The molecule has 4 nitrogen and oxygen atoms in total. The molecule has 0 saturated carbocycles. The number of nitrogens with zero attached hydrogens (tertiary/aromatic N) is 1. The fourth-order valence-electron chi connectivity index (χ4n) is 0.910. The number of anilines is 1. The average molecular weight is 214 g/mol. The first kappa shape index (κ1) is 10.8. The molecule has 0 aromatic carbocycles. The van der Waals surface area contributed by atoms with Gasteiger partial charge in [0.15, 0.2) is 0 Å². The summed E-state index contributed by atoms with van der Waals surface area (Å²) >= 11 is 5.57. The first-order chi connectivity index (χ1) is 6.61. The van der Waals surface area contributed by atoms with Crippen molar-refractivity contribution < 1.29 is 4.79 Å². The molecular formula is C9H12ClN3O. The second-order valence-electron chi connectivity index (χ2n) is 2.87. The van der Waals surface area contributed by atoms with E-state index in [0.717, 1.165) is 0 Å². The fraction of sp³-hybridized carbons (Fsp3) is 0.333. The number of halogens is 1. The van der Waals surface area contributed by atoms with Crippen LogP contribution in [0.3, 0.4) is 0 Å². The maximum Gasteiger partial charge on any atom is 0.238 e. The zero-order valence-corrected chi connectivity index (χ0v) is 8.58. The van der Waals surface area contributed by atoms with Crippen molar-refractivity contribution in [2.24, 2.45) is 0 Å². The average Bonchev–Trinajstić information content (AvgIpc) is 2.16. The summed E-state index contributed by atoms with van der Waals surface area (Å²) in [6.07, 6.45) is 1.63. The summed E-state index contributed by atoms with van der Waals surface area (Å²) < 4.78 is 0. The molecule has 0 saturated heterocycles. The van der Waals surface area contributed by atoms with E-state index in [9.17, 15) is 4.79 Å². The lowest BCUT2D eigenvalue weighted by Crippen LogP contribution is -2.29. The van der Waals surface area contributed by atoms with Gasteiger partial charge in [0.05, 0.1) is 17.9 Å². The molecule has 1 rings (SSSR count). The van der Waals surface area contributed by atoms with Crippen LogP contribution in [0.1, 0.15) is 12.6 Å².